The molecule has 2 aromatic rings. The Balaban J connectivity index is 2.53. The zero-order chi connectivity index (χ0) is 12.6. The largest absolute Gasteiger partial charge is 0.573 e. The minimum absolute atomic E-state index is 0.143. The van der Waals surface area contributed by atoms with Crippen molar-refractivity contribution in [2.24, 2.45) is 0 Å². The zero-order valence-corrected chi connectivity index (χ0v) is 9.57. The second-order valence-corrected chi connectivity index (χ2v) is 3.93. The summed E-state index contributed by atoms with van der Waals surface area (Å²) >= 11 is 11.6. The van der Waals surface area contributed by atoms with E-state index in [9.17, 15) is 13.2 Å². The highest BCUT2D eigenvalue weighted by atomic mass is 35.5. The highest BCUT2D eigenvalue weighted by Crippen LogP contribution is 2.32. The van der Waals surface area contributed by atoms with Crippen molar-refractivity contribution in [1.82, 2.24) is 4.98 Å². The molecule has 1 aromatic carbocycles. The summed E-state index contributed by atoms with van der Waals surface area (Å²) in [6.07, 6.45) is -3.41. The van der Waals surface area contributed by atoms with Crippen molar-refractivity contribution in [2.75, 3.05) is 0 Å². The van der Waals surface area contributed by atoms with Gasteiger partial charge in [0.25, 0.3) is 0 Å². The maximum atomic E-state index is 12.0. The third-order valence-corrected chi connectivity index (χ3v) is 2.76. The molecule has 7 heteroatoms. The van der Waals surface area contributed by atoms with Crippen molar-refractivity contribution >= 4 is 34.1 Å². The molecular formula is C10H4Cl2F3NO. The number of ether oxygens (including phenoxy) is 1. The molecule has 0 amide bonds. The monoisotopic (exact) mass is 281 g/mol. The Bertz CT molecular complexity index is 571. The molecule has 17 heavy (non-hydrogen) atoms. The lowest BCUT2D eigenvalue weighted by Crippen LogP contribution is -2.17. The molecule has 0 radical (unpaired) electrons. The van der Waals surface area contributed by atoms with E-state index < -0.39 is 6.36 Å². The number of rotatable bonds is 1. The number of hydrogen-bond acceptors (Lipinski definition) is 2. The molecule has 0 saturated carbocycles. The van der Waals surface area contributed by atoms with Crippen molar-refractivity contribution in [3.63, 3.8) is 0 Å². The number of benzene rings is 1. The molecule has 1 heterocycles. The smallest absolute Gasteiger partial charge is 0.406 e. The first-order chi connectivity index (χ1) is 7.87. The van der Waals surface area contributed by atoms with Crippen LogP contribution in [0.3, 0.4) is 0 Å². The van der Waals surface area contributed by atoms with E-state index in [4.69, 9.17) is 23.2 Å². The van der Waals surface area contributed by atoms with E-state index in [0.717, 1.165) is 12.1 Å². The van der Waals surface area contributed by atoms with Gasteiger partial charge in [0, 0.05) is 11.6 Å². The van der Waals surface area contributed by atoms with Crippen LogP contribution in [0.2, 0.25) is 10.0 Å². The number of fused-ring (bicyclic) bond motifs is 1. The molecule has 0 atom stereocenters. The van der Waals surface area contributed by atoms with Crippen LogP contribution in [0.1, 0.15) is 0 Å². The Hall–Kier alpha value is -1.20. The number of halogens is 5. The van der Waals surface area contributed by atoms with Crippen molar-refractivity contribution in [3.8, 4) is 5.75 Å². The predicted molar refractivity (Wildman–Crippen MR) is 58.4 cm³/mol. The quantitative estimate of drug-likeness (QED) is 0.771. The van der Waals surface area contributed by atoms with E-state index in [0.29, 0.717) is 10.9 Å². The van der Waals surface area contributed by atoms with Gasteiger partial charge in [0.15, 0.2) is 0 Å². The molecule has 2 nitrogen and oxygen atoms in total. The van der Waals surface area contributed by atoms with Crippen LogP contribution in [-0.4, -0.2) is 11.3 Å². The molecule has 0 spiro atoms. The average molecular weight is 282 g/mol. The highest BCUT2D eigenvalue weighted by molar-refractivity contribution is 6.45. The predicted octanol–water partition coefficient (Wildman–Crippen LogP) is 4.44. The number of aromatic nitrogens is 1. The summed E-state index contributed by atoms with van der Waals surface area (Å²) in [5.41, 5.74) is 0.439. The Kier molecular flexibility index (Phi) is 3.05. The Morgan fingerprint density at radius 1 is 1.18 bits per heavy atom. The Labute approximate surface area is 104 Å². The van der Waals surface area contributed by atoms with Gasteiger partial charge in [0.1, 0.15) is 5.75 Å². The summed E-state index contributed by atoms with van der Waals surface area (Å²) in [5.74, 6) is -0.365. The fourth-order valence-electron chi connectivity index (χ4n) is 1.31. The van der Waals surface area contributed by atoms with Crippen LogP contribution in [0.15, 0.2) is 24.4 Å². The molecule has 0 N–H and O–H groups in total. The summed E-state index contributed by atoms with van der Waals surface area (Å²) in [6.45, 7) is 0. The van der Waals surface area contributed by atoms with E-state index in [1.165, 1.54) is 12.3 Å². The van der Waals surface area contributed by atoms with Crippen LogP contribution in [0, 0.1) is 0 Å². The fourth-order valence-corrected chi connectivity index (χ4v) is 1.66. The van der Waals surface area contributed by atoms with Gasteiger partial charge in [-0.1, -0.05) is 23.2 Å². The summed E-state index contributed by atoms with van der Waals surface area (Å²) < 4.78 is 39.8. The summed E-state index contributed by atoms with van der Waals surface area (Å²) in [7, 11) is 0. The normalized spacial score (nSPS) is 11.8. The van der Waals surface area contributed by atoms with E-state index in [-0.39, 0.29) is 15.8 Å². The van der Waals surface area contributed by atoms with Gasteiger partial charge < -0.3 is 4.74 Å². The van der Waals surface area contributed by atoms with Gasteiger partial charge >= 0.3 is 6.36 Å². The molecule has 1 aromatic heterocycles. The second-order valence-electron chi connectivity index (χ2n) is 3.15. The molecule has 0 aliphatic rings. The first-order valence-corrected chi connectivity index (χ1v) is 5.12. The van der Waals surface area contributed by atoms with Crippen molar-refractivity contribution in [2.45, 2.75) is 6.36 Å². The van der Waals surface area contributed by atoms with E-state index >= 15 is 0 Å². The molecule has 0 unspecified atom stereocenters. The van der Waals surface area contributed by atoms with E-state index in [1.54, 1.807) is 0 Å². The average Bonchev–Trinajstić information content (AvgIpc) is 2.22. The maximum absolute atomic E-state index is 12.0. The lowest BCUT2D eigenvalue weighted by molar-refractivity contribution is -0.274. The van der Waals surface area contributed by atoms with Gasteiger partial charge in [-0.25, -0.2) is 0 Å². The van der Waals surface area contributed by atoms with E-state index in [1.807, 2.05) is 0 Å². The van der Waals surface area contributed by atoms with Crippen molar-refractivity contribution in [1.29, 1.82) is 0 Å². The highest BCUT2D eigenvalue weighted by Gasteiger charge is 2.31. The van der Waals surface area contributed by atoms with Crippen LogP contribution in [-0.2, 0) is 0 Å². The molecule has 0 bridgehead atoms. The van der Waals surface area contributed by atoms with Gasteiger partial charge in [0.2, 0.25) is 0 Å². The SMILES string of the molecule is FC(F)(F)Oc1ccc2ncc(Cl)c(Cl)c2c1. The van der Waals surface area contributed by atoms with Gasteiger partial charge in [-0.05, 0) is 18.2 Å². The number of nitrogens with zero attached hydrogens (tertiary/aromatic N) is 1. The van der Waals surface area contributed by atoms with E-state index in [2.05, 4.69) is 9.72 Å². The first-order valence-electron chi connectivity index (χ1n) is 4.36. The molecular weight excluding hydrogens is 278 g/mol. The molecule has 90 valence electrons. The minimum atomic E-state index is -4.74. The van der Waals surface area contributed by atoms with Crippen molar-refractivity contribution in [3.05, 3.63) is 34.4 Å². The number of hydrogen-bond donors (Lipinski definition) is 0. The number of pyridine rings is 1. The Morgan fingerprint density at radius 2 is 1.88 bits per heavy atom. The summed E-state index contributed by atoms with van der Waals surface area (Å²) in [6, 6.07) is 3.68. The third-order valence-electron chi connectivity index (χ3n) is 1.96. The third kappa shape index (κ3) is 2.73. The van der Waals surface area contributed by atoms with Crippen LogP contribution >= 0.6 is 23.2 Å². The van der Waals surface area contributed by atoms with Crippen molar-refractivity contribution < 1.29 is 17.9 Å². The molecule has 0 aliphatic heterocycles. The van der Waals surface area contributed by atoms with Crippen LogP contribution in [0.4, 0.5) is 13.2 Å². The van der Waals surface area contributed by atoms with Crippen LogP contribution in [0.5, 0.6) is 5.75 Å². The summed E-state index contributed by atoms with van der Waals surface area (Å²) in [5, 5.41) is 0.619. The van der Waals surface area contributed by atoms with Gasteiger partial charge in [-0.15, -0.1) is 13.2 Å². The molecule has 0 fully saturated rings. The van der Waals surface area contributed by atoms with Gasteiger partial charge in [0.05, 0.1) is 15.6 Å². The lowest BCUT2D eigenvalue weighted by atomic mass is 10.2. The zero-order valence-electron chi connectivity index (χ0n) is 8.05. The topological polar surface area (TPSA) is 22.1 Å². The first kappa shape index (κ1) is 12.3. The number of alkyl halides is 3. The molecule has 0 aliphatic carbocycles. The minimum Gasteiger partial charge on any atom is -0.406 e. The molecule has 0 saturated heterocycles. The van der Waals surface area contributed by atoms with Crippen LogP contribution in [0.25, 0.3) is 10.9 Å². The van der Waals surface area contributed by atoms with Crippen LogP contribution < -0.4 is 4.74 Å². The summed E-state index contributed by atoms with van der Waals surface area (Å²) in [4.78, 5) is 3.93. The standard InChI is InChI=1S/C10H4Cl2F3NO/c11-7-4-16-8-2-1-5(17-10(13,14)15)3-6(8)9(7)12/h1-4H. The molecule has 2 rings (SSSR count). The maximum Gasteiger partial charge on any atom is 0.573 e. The fraction of sp³-hybridized carbons (Fsp3) is 0.100. The van der Waals surface area contributed by atoms with Gasteiger partial charge in [-0.2, -0.15) is 0 Å². The second kappa shape index (κ2) is 4.23. The Morgan fingerprint density at radius 3 is 2.53 bits per heavy atom. The lowest BCUT2D eigenvalue weighted by Gasteiger charge is -2.09. The van der Waals surface area contributed by atoms with Gasteiger partial charge in [-0.3, -0.25) is 4.98 Å².